The van der Waals surface area contributed by atoms with Gasteiger partial charge in [-0.25, -0.2) is 4.79 Å². The number of likely N-dealkylation sites (tertiary alicyclic amines) is 1. The number of benzene rings is 1. The molecule has 1 saturated heterocycles. The van der Waals surface area contributed by atoms with Gasteiger partial charge in [-0.1, -0.05) is 18.2 Å². The first-order chi connectivity index (χ1) is 12.0. The van der Waals surface area contributed by atoms with Crippen molar-refractivity contribution in [2.24, 2.45) is 0 Å². The zero-order chi connectivity index (χ0) is 17.8. The molecule has 1 heterocycles. The molecule has 0 spiro atoms. The van der Waals surface area contributed by atoms with Crippen LogP contribution in [0.3, 0.4) is 0 Å². The van der Waals surface area contributed by atoms with E-state index in [1.165, 1.54) is 11.1 Å². The molecule has 25 heavy (non-hydrogen) atoms. The number of urea groups is 1. The zero-order valence-corrected chi connectivity index (χ0v) is 15.3. The van der Waals surface area contributed by atoms with Crippen LogP contribution in [-0.4, -0.2) is 47.4 Å². The standard InChI is InChI=1S/C20H30N2O3/c1-14-4-3-5-15(2)19(14)25-18-10-12-22(13-11-18)20(24)21-16-6-8-17(23)9-7-16/h3-5,16-18,23H,6-13H2,1-2H3,(H,21,24). The first kappa shape index (κ1) is 18.1. The summed E-state index contributed by atoms with van der Waals surface area (Å²) in [7, 11) is 0. The van der Waals surface area contributed by atoms with Crippen LogP contribution in [0.2, 0.25) is 0 Å². The van der Waals surface area contributed by atoms with E-state index in [9.17, 15) is 9.90 Å². The van der Waals surface area contributed by atoms with Gasteiger partial charge in [0.2, 0.25) is 0 Å². The summed E-state index contributed by atoms with van der Waals surface area (Å²) in [5.74, 6) is 0.992. The quantitative estimate of drug-likeness (QED) is 0.884. The van der Waals surface area contributed by atoms with Crippen molar-refractivity contribution < 1.29 is 14.6 Å². The predicted molar refractivity (Wildman–Crippen MR) is 97.9 cm³/mol. The molecule has 0 bridgehead atoms. The fourth-order valence-electron chi connectivity index (χ4n) is 3.81. The molecule has 3 rings (SSSR count). The summed E-state index contributed by atoms with van der Waals surface area (Å²) < 4.78 is 6.22. The Balaban J connectivity index is 1.46. The van der Waals surface area contributed by atoms with Crippen LogP contribution in [0.4, 0.5) is 4.79 Å². The lowest BCUT2D eigenvalue weighted by molar-refractivity contribution is 0.0999. The van der Waals surface area contributed by atoms with Gasteiger partial charge < -0.3 is 20.1 Å². The van der Waals surface area contributed by atoms with Crippen LogP contribution < -0.4 is 10.1 Å². The number of piperidine rings is 1. The van der Waals surface area contributed by atoms with E-state index < -0.39 is 0 Å². The smallest absolute Gasteiger partial charge is 0.317 e. The molecule has 1 aromatic carbocycles. The van der Waals surface area contributed by atoms with Gasteiger partial charge >= 0.3 is 6.03 Å². The van der Waals surface area contributed by atoms with Crippen LogP contribution >= 0.6 is 0 Å². The molecule has 2 fully saturated rings. The summed E-state index contributed by atoms with van der Waals surface area (Å²) in [5, 5.41) is 12.7. The van der Waals surface area contributed by atoms with Crippen LogP contribution in [0.25, 0.3) is 0 Å². The van der Waals surface area contributed by atoms with Crippen LogP contribution in [0.1, 0.15) is 49.7 Å². The molecule has 0 atom stereocenters. The first-order valence-corrected chi connectivity index (χ1v) is 9.49. The number of nitrogens with one attached hydrogen (secondary N) is 1. The third-order valence-corrected chi connectivity index (χ3v) is 5.45. The number of amides is 2. The predicted octanol–water partition coefficient (Wildman–Crippen LogP) is 3.16. The second kappa shape index (κ2) is 8.09. The van der Waals surface area contributed by atoms with Gasteiger partial charge in [0.05, 0.1) is 6.10 Å². The number of carbonyl (C=O) groups excluding carboxylic acids is 1. The van der Waals surface area contributed by atoms with Gasteiger partial charge in [0.25, 0.3) is 0 Å². The number of aryl methyl sites for hydroxylation is 2. The van der Waals surface area contributed by atoms with Crippen LogP contribution in [-0.2, 0) is 0 Å². The highest BCUT2D eigenvalue weighted by molar-refractivity contribution is 5.74. The lowest BCUT2D eigenvalue weighted by Crippen LogP contribution is -2.50. The van der Waals surface area contributed by atoms with Gasteiger partial charge in [-0.2, -0.15) is 0 Å². The minimum atomic E-state index is -0.189. The van der Waals surface area contributed by atoms with Crippen molar-refractivity contribution in [2.75, 3.05) is 13.1 Å². The van der Waals surface area contributed by atoms with E-state index >= 15 is 0 Å². The lowest BCUT2D eigenvalue weighted by Gasteiger charge is -2.34. The molecule has 5 nitrogen and oxygen atoms in total. The third-order valence-electron chi connectivity index (χ3n) is 5.45. The van der Waals surface area contributed by atoms with E-state index in [0.717, 1.165) is 57.4 Å². The summed E-state index contributed by atoms with van der Waals surface area (Å²) in [4.78, 5) is 14.3. The highest BCUT2D eigenvalue weighted by Gasteiger charge is 2.27. The second-order valence-corrected chi connectivity index (χ2v) is 7.48. The number of ether oxygens (including phenoxy) is 1. The number of aliphatic hydroxyl groups is 1. The number of nitrogens with zero attached hydrogens (tertiary/aromatic N) is 1. The minimum Gasteiger partial charge on any atom is -0.490 e. The second-order valence-electron chi connectivity index (χ2n) is 7.48. The Kier molecular flexibility index (Phi) is 5.84. The van der Waals surface area contributed by atoms with Crippen LogP contribution in [0, 0.1) is 13.8 Å². The maximum Gasteiger partial charge on any atom is 0.317 e. The van der Waals surface area contributed by atoms with Crippen LogP contribution in [0.15, 0.2) is 18.2 Å². The highest BCUT2D eigenvalue weighted by atomic mass is 16.5. The molecule has 2 amide bonds. The molecular weight excluding hydrogens is 316 g/mol. The molecule has 2 N–H and O–H groups in total. The van der Waals surface area contributed by atoms with Gasteiger partial charge in [-0.05, 0) is 50.7 Å². The summed E-state index contributed by atoms with van der Waals surface area (Å²) in [5.41, 5.74) is 2.33. The molecule has 0 unspecified atom stereocenters. The molecule has 5 heteroatoms. The molecule has 1 aliphatic carbocycles. The van der Waals surface area contributed by atoms with Crippen LogP contribution in [0.5, 0.6) is 5.75 Å². The molecule has 138 valence electrons. The van der Waals surface area contributed by atoms with Crippen molar-refractivity contribution in [3.8, 4) is 5.75 Å². The summed E-state index contributed by atoms with van der Waals surface area (Å²) in [6.45, 7) is 5.62. The fourth-order valence-corrected chi connectivity index (χ4v) is 3.81. The van der Waals surface area contributed by atoms with Crippen molar-refractivity contribution in [3.05, 3.63) is 29.3 Å². The Morgan fingerprint density at radius 2 is 1.68 bits per heavy atom. The number of carbonyl (C=O) groups is 1. The maximum atomic E-state index is 12.4. The number of para-hydroxylation sites is 1. The fraction of sp³-hybridized carbons (Fsp3) is 0.650. The molecule has 2 aliphatic rings. The molecule has 1 aliphatic heterocycles. The van der Waals surface area contributed by atoms with Gasteiger partial charge in [-0.3, -0.25) is 0 Å². The topological polar surface area (TPSA) is 61.8 Å². The summed E-state index contributed by atoms with van der Waals surface area (Å²) in [6, 6.07) is 6.44. The molecule has 1 saturated carbocycles. The molecule has 0 radical (unpaired) electrons. The van der Waals surface area contributed by atoms with E-state index in [0.29, 0.717) is 0 Å². The van der Waals surface area contributed by atoms with E-state index in [2.05, 4.69) is 37.4 Å². The Morgan fingerprint density at radius 3 is 2.28 bits per heavy atom. The monoisotopic (exact) mass is 346 g/mol. The highest BCUT2D eigenvalue weighted by Crippen LogP contribution is 2.26. The molecule has 1 aromatic rings. The van der Waals surface area contributed by atoms with Crippen molar-refractivity contribution in [1.82, 2.24) is 10.2 Å². The maximum absolute atomic E-state index is 12.4. The van der Waals surface area contributed by atoms with Gasteiger partial charge in [0.1, 0.15) is 11.9 Å². The first-order valence-electron chi connectivity index (χ1n) is 9.49. The molecule has 0 aromatic heterocycles. The number of hydrogen-bond acceptors (Lipinski definition) is 3. The van der Waals surface area contributed by atoms with E-state index in [1.807, 2.05) is 4.90 Å². The largest absolute Gasteiger partial charge is 0.490 e. The Bertz CT molecular complexity index is 568. The Hall–Kier alpha value is -1.75. The summed E-state index contributed by atoms with van der Waals surface area (Å²) >= 11 is 0. The molecular formula is C20H30N2O3. The van der Waals surface area contributed by atoms with E-state index in [4.69, 9.17) is 4.74 Å². The van der Waals surface area contributed by atoms with Gasteiger partial charge in [0, 0.05) is 32.0 Å². The zero-order valence-electron chi connectivity index (χ0n) is 15.3. The number of rotatable bonds is 3. The SMILES string of the molecule is Cc1cccc(C)c1OC1CCN(C(=O)NC2CCC(O)CC2)CC1. The van der Waals surface area contributed by atoms with Gasteiger partial charge in [0.15, 0.2) is 0 Å². The average molecular weight is 346 g/mol. The average Bonchev–Trinajstić information content (AvgIpc) is 2.61. The van der Waals surface area contributed by atoms with E-state index in [1.54, 1.807) is 0 Å². The third kappa shape index (κ3) is 4.66. The lowest BCUT2D eigenvalue weighted by atomic mass is 9.93. The van der Waals surface area contributed by atoms with Crippen molar-refractivity contribution >= 4 is 6.03 Å². The summed E-state index contributed by atoms with van der Waals surface area (Å²) in [6.07, 6.45) is 5.04. The normalized spacial score (nSPS) is 24.8. The van der Waals surface area contributed by atoms with E-state index in [-0.39, 0.29) is 24.3 Å². The van der Waals surface area contributed by atoms with Crippen molar-refractivity contribution in [3.63, 3.8) is 0 Å². The minimum absolute atomic E-state index is 0.0342. The Labute approximate surface area is 150 Å². The van der Waals surface area contributed by atoms with Crippen molar-refractivity contribution in [1.29, 1.82) is 0 Å². The van der Waals surface area contributed by atoms with Gasteiger partial charge in [-0.15, -0.1) is 0 Å². The number of aliphatic hydroxyl groups excluding tert-OH is 1. The number of hydrogen-bond donors (Lipinski definition) is 2. The Morgan fingerprint density at radius 1 is 1.08 bits per heavy atom. The van der Waals surface area contributed by atoms with Crippen molar-refractivity contribution in [2.45, 2.75) is 70.6 Å².